The van der Waals surface area contributed by atoms with Crippen LogP contribution in [-0.4, -0.2) is 61.0 Å². The normalized spacial score (nSPS) is 16.9. The first-order valence-electron chi connectivity index (χ1n) is 7.30. The zero-order valence-electron chi connectivity index (χ0n) is 12.4. The third kappa shape index (κ3) is 4.94. The van der Waals surface area contributed by atoms with E-state index in [0.29, 0.717) is 18.6 Å². The monoisotopic (exact) mass is 255 g/mol. The van der Waals surface area contributed by atoms with E-state index < -0.39 is 0 Å². The second kappa shape index (κ2) is 7.74. The van der Waals surface area contributed by atoms with Gasteiger partial charge < -0.3 is 15.1 Å². The van der Waals surface area contributed by atoms with Crippen molar-refractivity contribution in [2.75, 3.05) is 33.2 Å². The van der Waals surface area contributed by atoms with Crippen molar-refractivity contribution in [3.63, 3.8) is 0 Å². The lowest BCUT2D eigenvalue weighted by molar-refractivity contribution is -0.130. The smallest absolute Gasteiger partial charge is 0.236 e. The van der Waals surface area contributed by atoms with Crippen LogP contribution in [-0.2, 0) is 4.79 Å². The maximum atomic E-state index is 11.9. The summed E-state index contributed by atoms with van der Waals surface area (Å²) in [7, 11) is 2.14. The highest BCUT2D eigenvalue weighted by Crippen LogP contribution is 2.26. The zero-order valence-corrected chi connectivity index (χ0v) is 12.4. The Kier molecular flexibility index (Phi) is 6.65. The van der Waals surface area contributed by atoms with E-state index >= 15 is 0 Å². The molecule has 1 atom stereocenters. The summed E-state index contributed by atoms with van der Waals surface area (Å²) < 4.78 is 0. The standard InChI is InChI=1S/C14H29N3O/c1-5-12(3)16(4)10-9-15-11-14(18)17(6-2)13-7-8-13/h12-13,15H,5-11H2,1-4H3. The highest BCUT2D eigenvalue weighted by atomic mass is 16.2. The van der Waals surface area contributed by atoms with Gasteiger partial charge in [0, 0.05) is 31.7 Å². The Bertz CT molecular complexity index is 253. The summed E-state index contributed by atoms with van der Waals surface area (Å²) >= 11 is 0. The van der Waals surface area contributed by atoms with Crippen LogP contribution in [0.3, 0.4) is 0 Å². The molecule has 1 N–H and O–H groups in total. The molecule has 18 heavy (non-hydrogen) atoms. The van der Waals surface area contributed by atoms with Crippen molar-refractivity contribution < 1.29 is 4.79 Å². The van der Waals surface area contributed by atoms with Crippen molar-refractivity contribution in [1.29, 1.82) is 0 Å². The first-order valence-corrected chi connectivity index (χ1v) is 7.30. The number of nitrogens with one attached hydrogen (secondary N) is 1. The zero-order chi connectivity index (χ0) is 13.5. The molecule has 0 aromatic rings. The Balaban J connectivity index is 2.11. The van der Waals surface area contributed by atoms with Gasteiger partial charge >= 0.3 is 0 Å². The Morgan fingerprint density at radius 1 is 1.39 bits per heavy atom. The predicted molar refractivity (Wildman–Crippen MR) is 75.7 cm³/mol. The van der Waals surface area contributed by atoms with Crippen molar-refractivity contribution >= 4 is 5.91 Å². The lowest BCUT2D eigenvalue weighted by atomic mass is 10.2. The molecule has 1 aliphatic carbocycles. The van der Waals surface area contributed by atoms with Gasteiger partial charge in [-0.2, -0.15) is 0 Å². The maximum absolute atomic E-state index is 11.9. The van der Waals surface area contributed by atoms with Crippen LogP contribution in [0.5, 0.6) is 0 Å². The van der Waals surface area contributed by atoms with Crippen molar-refractivity contribution in [1.82, 2.24) is 15.1 Å². The van der Waals surface area contributed by atoms with Gasteiger partial charge in [0.1, 0.15) is 0 Å². The van der Waals surface area contributed by atoms with Crippen molar-refractivity contribution in [2.24, 2.45) is 0 Å². The molecule has 1 rings (SSSR count). The summed E-state index contributed by atoms with van der Waals surface area (Å²) in [6.07, 6.45) is 3.55. The topological polar surface area (TPSA) is 35.6 Å². The molecular formula is C14H29N3O. The Morgan fingerprint density at radius 2 is 2.06 bits per heavy atom. The van der Waals surface area contributed by atoms with Crippen LogP contribution in [0.1, 0.15) is 40.0 Å². The van der Waals surface area contributed by atoms with E-state index in [1.54, 1.807) is 0 Å². The fraction of sp³-hybridized carbons (Fsp3) is 0.929. The number of likely N-dealkylation sites (N-methyl/N-ethyl adjacent to an activating group) is 2. The second-order valence-electron chi connectivity index (χ2n) is 5.33. The van der Waals surface area contributed by atoms with E-state index in [1.165, 1.54) is 19.3 Å². The van der Waals surface area contributed by atoms with Crippen molar-refractivity contribution in [2.45, 2.75) is 52.1 Å². The number of rotatable bonds is 9. The summed E-state index contributed by atoms with van der Waals surface area (Å²) in [5.74, 6) is 0.256. The van der Waals surface area contributed by atoms with Gasteiger partial charge in [-0.05, 0) is 40.2 Å². The first kappa shape index (κ1) is 15.4. The van der Waals surface area contributed by atoms with Gasteiger partial charge in [0.2, 0.25) is 5.91 Å². The van der Waals surface area contributed by atoms with E-state index in [4.69, 9.17) is 0 Å². The van der Waals surface area contributed by atoms with Crippen LogP contribution in [0, 0.1) is 0 Å². The maximum Gasteiger partial charge on any atom is 0.236 e. The molecule has 4 nitrogen and oxygen atoms in total. The molecule has 0 radical (unpaired) electrons. The quantitative estimate of drug-likeness (QED) is 0.631. The minimum Gasteiger partial charge on any atom is -0.339 e. The van der Waals surface area contributed by atoms with Gasteiger partial charge in [0.15, 0.2) is 0 Å². The molecule has 1 amide bonds. The first-order chi connectivity index (χ1) is 8.60. The minimum atomic E-state index is 0.256. The molecule has 0 heterocycles. The molecule has 1 saturated carbocycles. The van der Waals surface area contributed by atoms with E-state index in [2.05, 4.69) is 38.0 Å². The van der Waals surface area contributed by atoms with Crippen molar-refractivity contribution in [3.05, 3.63) is 0 Å². The van der Waals surface area contributed by atoms with Gasteiger partial charge in [0.05, 0.1) is 6.54 Å². The molecule has 106 valence electrons. The molecule has 0 aromatic carbocycles. The Hall–Kier alpha value is -0.610. The van der Waals surface area contributed by atoms with E-state index in [0.717, 1.165) is 19.6 Å². The average molecular weight is 255 g/mol. The molecule has 0 spiro atoms. The highest BCUT2D eigenvalue weighted by Gasteiger charge is 2.30. The van der Waals surface area contributed by atoms with Crippen LogP contribution in [0.15, 0.2) is 0 Å². The van der Waals surface area contributed by atoms with Gasteiger partial charge in [-0.25, -0.2) is 0 Å². The predicted octanol–water partition coefficient (Wildman–Crippen LogP) is 1.32. The van der Waals surface area contributed by atoms with Gasteiger partial charge in [-0.1, -0.05) is 6.92 Å². The molecule has 0 aliphatic heterocycles. The number of hydrogen-bond acceptors (Lipinski definition) is 3. The third-order valence-corrected chi connectivity index (χ3v) is 3.91. The summed E-state index contributed by atoms with van der Waals surface area (Å²) in [5.41, 5.74) is 0. The SMILES string of the molecule is CCC(C)N(C)CCNCC(=O)N(CC)C1CC1. The van der Waals surface area contributed by atoms with E-state index in [9.17, 15) is 4.79 Å². The van der Waals surface area contributed by atoms with E-state index in [-0.39, 0.29) is 5.91 Å². The number of carbonyl (C=O) groups excluding carboxylic acids is 1. The molecule has 0 aromatic heterocycles. The minimum absolute atomic E-state index is 0.256. The van der Waals surface area contributed by atoms with Gasteiger partial charge in [-0.15, -0.1) is 0 Å². The van der Waals surface area contributed by atoms with Crippen LogP contribution in [0.2, 0.25) is 0 Å². The number of carbonyl (C=O) groups is 1. The van der Waals surface area contributed by atoms with Crippen LogP contribution in [0.25, 0.3) is 0 Å². The lowest BCUT2D eigenvalue weighted by Gasteiger charge is -2.24. The molecular weight excluding hydrogens is 226 g/mol. The Labute approximate surface area is 112 Å². The fourth-order valence-corrected chi connectivity index (χ4v) is 2.11. The molecule has 0 saturated heterocycles. The molecule has 1 unspecified atom stereocenters. The largest absolute Gasteiger partial charge is 0.339 e. The van der Waals surface area contributed by atoms with Gasteiger partial charge in [0.25, 0.3) is 0 Å². The highest BCUT2D eigenvalue weighted by molar-refractivity contribution is 5.78. The lowest BCUT2D eigenvalue weighted by Crippen LogP contribution is -2.42. The average Bonchev–Trinajstić information content (AvgIpc) is 3.18. The fourth-order valence-electron chi connectivity index (χ4n) is 2.11. The molecule has 1 aliphatic rings. The third-order valence-electron chi connectivity index (χ3n) is 3.91. The van der Waals surface area contributed by atoms with Crippen LogP contribution < -0.4 is 5.32 Å². The van der Waals surface area contributed by atoms with Crippen molar-refractivity contribution in [3.8, 4) is 0 Å². The van der Waals surface area contributed by atoms with E-state index in [1.807, 2.05) is 4.90 Å². The number of nitrogens with zero attached hydrogens (tertiary/aromatic N) is 2. The Morgan fingerprint density at radius 3 is 2.56 bits per heavy atom. The number of amides is 1. The van der Waals surface area contributed by atoms with Crippen LogP contribution >= 0.6 is 0 Å². The molecule has 4 heteroatoms. The summed E-state index contributed by atoms with van der Waals surface area (Å²) in [6, 6.07) is 1.15. The second-order valence-corrected chi connectivity index (χ2v) is 5.33. The number of hydrogen-bond donors (Lipinski definition) is 1. The summed E-state index contributed by atoms with van der Waals surface area (Å²) in [6.45, 7) is 9.71. The summed E-state index contributed by atoms with van der Waals surface area (Å²) in [5, 5.41) is 3.26. The van der Waals surface area contributed by atoms with Gasteiger partial charge in [-0.3, -0.25) is 4.79 Å². The molecule has 0 bridgehead atoms. The van der Waals surface area contributed by atoms with Crippen LogP contribution in [0.4, 0.5) is 0 Å². The molecule has 1 fully saturated rings. The summed E-state index contributed by atoms with van der Waals surface area (Å²) in [4.78, 5) is 16.3.